The molecule has 7 nitrogen and oxygen atoms in total. The van der Waals surface area contributed by atoms with E-state index in [1.54, 1.807) is 31.2 Å². The second kappa shape index (κ2) is 8.47. The van der Waals surface area contributed by atoms with E-state index in [0.717, 1.165) is 11.1 Å². The minimum absolute atomic E-state index is 0.0376. The molecule has 0 saturated heterocycles. The maximum Gasteiger partial charge on any atom is 0.344 e. The van der Waals surface area contributed by atoms with Gasteiger partial charge in [-0.25, -0.2) is 4.79 Å². The molecule has 0 fully saturated rings. The van der Waals surface area contributed by atoms with Crippen molar-refractivity contribution in [2.45, 2.75) is 26.9 Å². The second-order valence-electron chi connectivity index (χ2n) is 6.31. The number of rotatable bonds is 7. The molecule has 0 aliphatic carbocycles. The van der Waals surface area contributed by atoms with Crippen LogP contribution in [0, 0.1) is 6.92 Å². The number of aryl methyl sites for hydroxylation is 1. The maximum atomic E-state index is 12.0. The number of aromatic nitrogens is 2. The molecule has 3 aromatic rings. The van der Waals surface area contributed by atoms with Crippen LogP contribution in [0.5, 0.6) is 5.75 Å². The highest BCUT2D eigenvalue weighted by atomic mass is 16.6. The summed E-state index contributed by atoms with van der Waals surface area (Å²) in [5.74, 6) is 0.422. The van der Waals surface area contributed by atoms with Gasteiger partial charge in [0.2, 0.25) is 5.89 Å². The van der Waals surface area contributed by atoms with Crippen molar-refractivity contribution in [2.75, 3.05) is 6.61 Å². The number of hydrogen-bond donors (Lipinski definition) is 0. The highest BCUT2D eigenvalue weighted by molar-refractivity contribution is 5.94. The number of ketones is 1. The molecular weight excluding hydrogens is 360 g/mol. The number of carbonyl (C=O) groups excluding carboxylic acids is 2. The molecule has 0 amide bonds. The van der Waals surface area contributed by atoms with Crippen LogP contribution in [0.4, 0.5) is 0 Å². The summed E-state index contributed by atoms with van der Waals surface area (Å²) in [6.07, 6.45) is -0.706. The molecule has 3 rings (SSSR count). The monoisotopic (exact) mass is 380 g/mol. The first-order valence-corrected chi connectivity index (χ1v) is 8.76. The van der Waals surface area contributed by atoms with Gasteiger partial charge < -0.3 is 13.9 Å². The molecule has 7 heteroatoms. The lowest BCUT2D eigenvalue weighted by Gasteiger charge is -2.10. The summed E-state index contributed by atoms with van der Waals surface area (Å²) in [6.45, 7) is 4.84. The van der Waals surface area contributed by atoms with Crippen LogP contribution in [-0.2, 0) is 9.53 Å². The lowest BCUT2D eigenvalue weighted by Crippen LogP contribution is -2.17. The number of Topliss-reactive ketones (excluding diaryl/α,β-unsaturated/α-hetero) is 1. The summed E-state index contributed by atoms with van der Waals surface area (Å²) >= 11 is 0. The summed E-state index contributed by atoms with van der Waals surface area (Å²) < 4.78 is 16.2. The van der Waals surface area contributed by atoms with Gasteiger partial charge in [0.05, 0.1) is 0 Å². The minimum atomic E-state index is -0.706. The van der Waals surface area contributed by atoms with E-state index in [-0.39, 0.29) is 18.3 Å². The number of hydrogen-bond acceptors (Lipinski definition) is 7. The summed E-state index contributed by atoms with van der Waals surface area (Å²) in [5, 5.41) is 7.94. The molecule has 1 aromatic heterocycles. The molecule has 144 valence electrons. The van der Waals surface area contributed by atoms with Gasteiger partial charge in [-0.2, -0.15) is 0 Å². The Kier molecular flexibility index (Phi) is 5.84. The lowest BCUT2D eigenvalue weighted by molar-refractivity contribution is -0.152. The van der Waals surface area contributed by atoms with Gasteiger partial charge >= 0.3 is 5.97 Å². The number of esters is 1. The van der Waals surface area contributed by atoms with Crippen molar-refractivity contribution in [1.29, 1.82) is 0 Å². The molecule has 1 atom stereocenters. The number of ether oxygens (including phenoxy) is 2. The topological polar surface area (TPSA) is 91.5 Å². The highest BCUT2D eigenvalue weighted by Gasteiger charge is 2.19. The summed E-state index contributed by atoms with van der Waals surface area (Å²) in [7, 11) is 0. The third-order valence-corrected chi connectivity index (χ3v) is 4.01. The highest BCUT2D eigenvalue weighted by Crippen LogP contribution is 2.22. The van der Waals surface area contributed by atoms with E-state index in [1.165, 1.54) is 6.92 Å². The van der Waals surface area contributed by atoms with Crippen LogP contribution in [0.2, 0.25) is 0 Å². The van der Waals surface area contributed by atoms with Gasteiger partial charge in [-0.15, -0.1) is 10.2 Å². The van der Waals surface area contributed by atoms with Crippen LogP contribution in [0.3, 0.4) is 0 Å². The van der Waals surface area contributed by atoms with Gasteiger partial charge in [-0.05, 0) is 57.2 Å². The van der Waals surface area contributed by atoms with Gasteiger partial charge in [0, 0.05) is 11.1 Å². The second-order valence-corrected chi connectivity index (χ2v) is 6.31. The van der Waals surface area contributed by atoms with Crippen molar-refractivity contribution in [3.05, 3.63) is 65.5 Å². The Morgan fingerprint density at radius 1 is 1.04 bits per heavy atom. The van der Waals surface area contributed by atoms with Gasteiger partial charge in [0.1, 0.15) is 5.75 Å². The van der Waals surface area contributed by atoms with Crippen molar-refractivity contribution < 1.29 is 23.5 Å². The molecule has 0 N–H and O–H groups in total. The van der Waals surface area contributed by atoms with E-state index in [4.69, 9.17) is 13.9 Å². The Hall–Kier alpha value is -3.48. The van der Waals surface area contributed by atoms with Crippen LogP contribution in [-0.4, -0.2) is 28.6 Å². The fourth-order valence-corrected chi connectivity index (χ4v) is 2.42. The molecule has 1 heterocycles. The first-order valence-electron chi connectivity index (χ1n) is 8.76. The van der Waals surface area contributed by atoms with E-state index in [0.29, 0.717) is 17.2 Å². The van der Waals surface area contributed by atoms with E-state index >= 15 is 0 Å². The molecule has 0 radical (unpaired) electrons. The van der Waals surface area contributed by atoms with Crippen molar-refractivity contribution in [3.63, 3.8) is 0 Å². The Bertz CT molecular complexity index is 961. The number of nitrogens with zero attached hydrogens (tertiary/aromatic N) is 2. The fourth-order valence-electron chi connectivity index (χ4n) is 2.42. The molecule has 0 spiro atoms. The predicted molar refractivity (Wildman–Crippen MR) is 101 cm³/mol. The number of benzene rings is 2. The summed E-state index contributed by atoms with van der Waals surface area (Å²) in [6, 6.07) is 14.2. The van der Waals surface area contributed by atoms with Crippen molar-refractivity contribution in [3.8, 4) is 17.2 Å². The lowest BCUT2D eigenvalue weighted by atomic mass is 10.1. The molecule has 0 aliphatic heterocycles. The Balaban J connectivity index is 1.54. The SMILES string of the molecule is CC(=O)c1ccc(OCC(=O)O[C@H](C)c2nnc(-c3ccc(C)cc3)o2)cc1. The maximum absolute atomic E-state index is 12.0. The van der Waals surface area contributed by atoms with Crippen LogP contribution in [0.25, 0.3) is 11.5 Å². The van der Waals surface area contributed by atoms with Crippen molar-refractivity contribution in [2.24, 2.45) is 0 Å². The van der Waals surface area contributed by atoms with Crippen LogP contribution in [0.15, 0.2) is 52.9 Å². The normalized spacial score (nSPS) is 11.7. The molecule has 0 saturated carbocycles. The minimum Gasteiger partial charge on any atom is -0.482 e. The standard InChI is InChI=1S/C21H20N2O5/c1-13-4-6-17(7-5-13)21-23-22-20(28-21)15(3)27-19(25)12-26-18-10-8-16(9-11-18)14(2)24/h4-11,15H,12H2,1-3H3/t15-/m1/s1. The molecule has 28 heavy (non-hydrogen) atoms. The van der Waals surface area contributed by atoms with Crippen molar-refractivity contribution in [1.82, 2.24) is 10.2 Å². The zero-order chi connectivity index (χ0) is 20.1. The van der Waals surface area contributed by atoms with E-state index in [9.17, 15) is 9.59 Å². The van der Waals surface area contributed by atoms with Gasteiger partial charge in [0.15, 0.2) is 18.5 Å². The van der Waals surface area contributed by atoms with Crippen LogP contribution < -0.4 is 4.74 Å². The van der Waals surface area contributed by atoms with Crippen LogP contribution >= 0.6 is 0 Å². The third kappa shape index (κ3) is 4.82. The average molecular weight is 380 g/mol. The average Bonchev–Trinajstić information content (AvgIpc) is 3.17. The summed E-state index contributed by atoms with van der Waals surface area (Å²) in [5.41, 5.74) is 2.49. The zero-order valence-electron chi connectivity index (χ0n) is 15.8. The first kappa shape index (κ1) is 19.3. The molecular formula is C21H20N2O5. The van der Waals surface area contributed by atoms with Gasteiger partial charge in [0.25, 0.3) is 5.89 Å². The number of carbonyl (C=O) groups is 2. The Labute approximate surface area is 162 Å². The van der Waals surface area contributed by atoms with Gasteiger partial charge in [-0.1, -0.05) is 17.7 Å². The quantitative estimate of drug-likeness (QED) is 0.453. The molecule has 0 bridgehead atoms. The van der Waals surface area contributed by atoms with E-state index in [1.807, 2.05) is 31.2 Å². The predicted octanol–water partition coefficient (Wildman–Crippen LogP) is 3.93. The Morgan fingerprint density at radius 3 is 2.36 bits per heavy atom. The smallest absolute Gasteiger partial charge is 0.344 e. The van der Waals surface area contributed by atoms with E-state index in [2.05, 4.69) is 10.2 Å². The molecule has 2 aromatic carbocycles. The van der Waals surface area contributed by atoms with E-state index < -0.39 is 12.1 Å². The van der Waals surface area contributed by atoms with Gasteiger partial charge in [-0.3, -0.25) is 4.79 Å². The zero-order valence-corrected chi connectivity index (χ0v) is 15.8. The third-order valence-electron chi connectivity index (χ3n) is 4.01. The molecule has 0 unspecified atom stereocenters. The fraction of sp³-hybridized carbons (Fsp3) is 0.238. The van der Waals surface area contributed by atoms with Crippen LogP contribution in [0.1, 0.15) is 41.8 Å². The first-order chi connectivity index (χ1) is 13.4. The largest absolute Gasteiger partial charge is 0.482 e. The molecule has 0 aliphatic rings. The van der Waals surface area contributed by atoms with Crippen molar-refractivity contribution >= 4 is 11.8 Å². The Morgan fingerprint density at radius 2 is 1.71 bits per heavy atom. The summed E-state index contributed by atoms with van der Waals surface area (Å²) in [4.78, 5) is 23.2.